The maximum absolute atomic E-state index is 12.8. The average molecular weight is 478 g/mol. The quantitative estimate of drug-likeness (QED) is 0.386. The van der Waals surface area contributed by atoms with Crippen LogP contribution in [0.5, 0.6) is 0 Å². The minimum Gasteiger partial charge on any atom is -0.478 e. The molecule has 5 rings (SSSR count). The highest BCUT2D eigenvalue weighted by molar-refractivity contribution is 5.90. The molecule has 4 aromatic rings. The van der Waals surface area contributed by atoms with Crippen LogP contribution in [0.15, 0.2) is 72.9 Å². The number of carbonyl (C=O) groups is 1. The number of rotatable bonds is 5. The molecule has 1 heterocycles. The van der Waals surface area contributed by atoms with E-state index in [1.165, 1.54) is 22.9 Å². The molecule has 35 heavy (non-hydrogen) atoms. The second-order valence-electron chi connectivity index (χ2n) is 8.78. The summed E-state index contributed by atoms with van der Waals surface area (Å²) in [6.07, 6.45) is 0.113. The fourth-order valence-corrected chi connectivity index (χ4v) is 4.23. The molecule has 0 spiro atoms. The highest BCUT2D eigenvalue weighted by Crippen LogP contribution is 2.39. The van der Waals surface area contributed by atoms with Gasteiger partial charge >= 0.3 is 12.1 Å². The molecule has 0 amide bonds. The Kier molecular flexibility index (Phi) is 5.44. The number of aromatic carboxylic acids is 1. The number of hydrogen-bond donors (Lipinski definition) is 2. The molecule has 1 aromatic heterocycles. The highest BCUT2D eigenvalue weighted by Gasteiger charge is 2.34. The maximum atomic E-state index is 12.8. The summed E-state index contributed by atoms with van der Waals surface area (Å²) in [6.45, 7) is 0. The van der Waals surface area contributed by atoms with Crippen molar-refractivity contribution in [1.82, 2.24) is 15.0 Å². The van der Waals surface area contributed by atoms with Gasteiger partial charge in [-0.25, -0.2) is 9.48 Å². The Morgan fingerprint density at radius 3 is 2.17 bits per heavy atom. The Hall–Kier alpha value is -3.98. The highest BCUT2D eigenvalue weighted by atomic mass is 19.4. The first-order valence-corrected chi connectivity index (χ1v) is 11.0. The van der Waals surface area contributed by atoms with Crippen molar-refractivity contribution >= 4 is 5.97 Å². The SMILES string of the molecule is NC1(c2ccc(-c3cc(C(=O)O)cc(-n4cc(-c5ccc(C(F)(F)F)cc5)nn4)c3)cc2)CCC1. The summed E-state index contributed by atoms with van der Waals surface area (Å²) >= 11 is 0. The van der Waals surface area contributed by atoms with Crippen molar-refractivity contribution in [2.45, 2.75) is 31.0 Å². The monoisotopic (exact) mass is 478 g/mol. The van der Waals surface area contributed by atoms with Crippen LogP contribution in [-0.4, -0.2) is 26.1 Å². The van der Waals surface area contributed by atoms with Crippen LogP contribution in [0.2, 0.25) is 0 Å². The lowest BCUT2D eigenvalue weighted by molar-refractivity contribution is -0.137. The van der Waals surface area contributed by atoms with Crippen LogP contribution in [0.1, 0.15) is 40.7 Å². The molecule has 0 radical (unpaired) electrons. The van der Waals surface area contributed by atoms with Crippen LogP contribution in [-0.2, 0) is 11.7 Å². The molecular formula is C26H21F3N4O2. The average Bonchev–Trinajstić information content (AvgIpc) is 3.32. The number of halogens is 3. The van der Waals surface area contributed by atoms with Gasteiger partial charge in [-0.15, -0.1) is 5.10 Å². The fraction of sp³-hybridized carbons (Fsp3) is 0.192. The number of nitrogens with zero attached hydrogens (tertiary/aromatic N) is 3. The Morgan fingerprint density at radius 1 is 0.943 bits per heavy atom. The normalized spacial score (nSPS) is 15.0. The maximum Gasteiger partial charge on any atom is 0.416 e. The Labute approximate surface area is 198 Å². The van der Waals surface area contributed by atoms with Gasteiger partial charge in [0.25, 0.3) is 0 Å². The van der Waals surface area contributed by atoms with Gasteiger partial charge in [-0.2, -0.15) is 13.2 Å². The zero-order chi connectivity index (χ0) is 24.8. The molecule has 0 saturated heterocycles. The zero-order valence-corrected chi connectivity index (χ0v) is 18.5. The summed E-state index contributed by atoms with van der Waals surface area (Å²) in [7, 11) is 0. The molecule has 1 aliphatic rings. The first-order valence-electron chi connectivity index (χ1n) is 11.0. The molecule has 0 atom stereocenters. The second kappa shape index (κ2) is 8.35. The zero-order valence-electron chi connectivity index (χ0n) is 18.5. The van der Waals surface area contributed by atoms with E-state index < -0.39 is 17.7 Å². The number of hydrogen-bond acceptors (Lipinski definition) is 4. The van der Waals surface area contributed by atoms with E-state index in [2.05, 4.69) is 10.3 Å². The Morgan fingerprint density at radius 2 is 1.60 bits per heavy atom. The predicted molar refractivity (Wildman–Crippen MR) is 124 cm³/mol. The molecule has 1 aliphatic carbocycles. The molecule has 0 unspecified atom stereocenters. The van der Waals surface area contributed by atoms with Gasteiger partial charge in [0, 0.05) is 11.1 Å². The summed E-state index contributed by atoms with van der Waals surface area (Å²) in [5.41, 5.74) is 9.27. The predicted octanol–water partition coefficient (Wildman–Crippen LogP) is 5.66. The van der Waals surface area contributed by atoms with Crippen LogP contribution >= 0.6 is 0 Å². The van der Waals surface area contributed by atoms with E-state index >= 15 is 0 Å². The van der Waals surface area contributed by atoms with Crippen molar-refractivity contribution in [3.63, 3.8) is 0 Å². The second-order valence-corrected chi connectivity index (χ2v) is 8.78. The number of carboxylic acid groups (broad SMARTS) is 1. The van der Waals surface area contributed by atoms with Crippen LogP contribution in [0.3, 0.4) is 0 Å². The van der Waals surface area contributed by atoms with Gasteiger partial charge in [0.2, 0.25) is 0 Å². The van der Waals surface area contributed by atoms with Crippen LogP contribution < -0.4 is 5.73 Å². The lowest BCUT2D eigenvalue weighted by Crippen LogP contribution is -2.43. The Balaban J connectivity index is 1.48. The van der Waals surface area contributed by atoms with E-state index in [0.717, 1.165) is 42.5 Å². The summed E-state index contributed by atoms with van der Waals surface area (Å²) in [5.74, 6) is -1.09. The van der Waals surface area contributed by atoms with E-state index in [1.54, 1.807) is 18.3 Å². The standard InChI is InChI=1S/C26H21F3N4O2/c27-26(28,29)21-8-4-17(5-9-21)23-15-33(32-31-23)22-13-18(12-19(14-22)24(34)35)16-2-6-20(7-3-16)25(30)10-1-11-25/h2-9,12-15H,1,10-11,30H2,(H,34,35). The minimum atomic E-state index is -4.43. The summed E-state index contributed by atoms with van der Waals surface area (Å²) in [5, 5.41) is 17.8. The van der Waals surface area contributed by atoms with E-state index in [9.17, 15) is 23.1 Å². The third kappa shape index (κ3) is 4.42. The van der Waals surface area contributed by atoms with Crippen molar-refractivity contribution in [3.05, 3.63) is 89.6 Å². The van der Waals surface area contributed by atoms with Crippen molar-refractivity contribution in [2.24, 2.45) is 5.73 Å². The smallest absolute Gasteiger partial charge is 0.416 e. The molecule has 178 valence electrons. The first-order chi connectivity index (χ1) is 16.6. The fourth-order valence-electron chi connectivity index (χ4n) is 4.23. The van der Waals surface area contributed by atoms with E-state index in [-0.39, 0.29) is 11.1 Å². The number of aromatic nitrogens is 3. The number of benzene rings is 3. The van der Waals surface area contributed by atoms with Crippen LogP contribution in [0.4, 0.5) is 13.2 Å². The molecule has 0 bridgehead atoms. The van der Waals surface area contributed by atoms with Crippen molar-refractivity contribution in [2.75, 3.05) is 0 Å². The third-order valence-corrected chi connectivity index (χ3v) is 6.47. The topological polar surface area (TPSA) is 94.0 Å². The first kappa shape index (κ1) is 22.8. The van der Waals surface area contributed by atoms with Crippen LogP contribution in [0, 0.1) is 0 Å². The largest absolute Gasteiger partial charge is 0.478 e. The summed E-state index contributed by atoms with van der Waals surface area (Å²) in [6, 6.07) is 17.2. The van der Waals surface area contributed by atoms with Gasteiger partial charge in [0.05, 0.1) is 23.0 Å². The molecule has 1 fully saturated rings. The lowest BCUT2D eigenvalue weighted by atomic mass is 9.72. The van der Waals surface area contributed by atoms with Crippen molar-refractivity contribution in [1.29, 1.82) is 0 Å². The Bertz CT molecular complexity index is 1390. The van der Waals surface area contributed by atoms with E-state index in [0.29, 0.717) is 22.5 Å². The molecule has 1 saturated carbocycles. The molecule has 6 nitrogen and oxygen atoms in total. The third-order valence-electron chi connectivity index (χ3n) is 6.47. The number of nitrogens with two attached hydrogens (primary N) is 1. The molecule has 0 aliphatic heterocycles. The van der Waals surface area contributed by atoms with Crippen molar-refractivity contribution in [3.8, 4) is 28.1 Å². The minimum absolute atomic E-state index is 0.0717. The van der Waals surface area contributed by atoms with Gasteiger partial charge in [0.15, 0.2) is 0 Å². The van der Waals surface area contributed by atoms with Gasteiger partial charge < -0.3 is 10.8 Å². The molecule has 3 N–H and O–H groups in total. The van der Waals surface area contributed by atoms with Crippen molar-refractivity contribution < 1.29 is 23.1 Å². The number of alkyl halides is 3. The summed E-state index contributed by atoms with van der Waals surface area (Å²) < 4.78 is 39.9. The summed E-state index contributed by atoms with van der Waals surface area (Å²) in [4.78, 5) is 11.8. The van der Waals surface area contributed by atoms with Gasteiger partial charge in [-0.05, 0) is 66.3 Å². The van der Waals surface area contributed by atoms with E-state index in [1.807, 2.05) is 24.3 Å². The van der Waals surface area contributed by atoms with Gasteiger partial charge in [-0.1, -0.05) is 41.6 Å². The lowest BCUT2D eigenvalue weighted by Gasteiger charge is -2.38. The van der Waals surface area contributed by atoms with E-state index in [4.69, 9.17) is 5.73 Å². The molecular weight excluding hydrogens is 457 g/mol. The van der Waals surface area contributed by atoms with Gasteiger partial charge in [-0.3, -0.25) is 0 Å². The number of carboxylic acids is 1. The molecule has 9 heteroatoms. The van der Waals surface area contributed by atoms with Crippen LogP contribution in [0.25, 0.3) is 28.1 Å². The molecule has 3 aromatic carbocycles. The van der Waals surface area contributed by atoms with Gasteiger partial charge in [0.1, 0.15) is 5.69 Å².